The number of anilines is 1. The third-order valence-corrected chi connectivity index (χ3v) is 3.94. The fraction of sp³-hybridized carbons (Fsp3) is 0.714. The predicted molar refractivity (Wildman–Crippen MR) is 78.1 cm³/mol. The molecule has 1 atom stereocenters. The lowest BCUT2D eigenvalue weighted by Gasteiger charge is -2.30. The first-order chi connectivity index (χ1) is 9.08. The smallest absolute Gasteiger partial charge is 0.137 e. The average Bonchev–Trinajstić information content (AvgIpc) is 3.19. The summed E-state index contributed by atoms with van der Waals surface area (Å²) in [5.74, 6) is 2.36. The van der Waals surface area contributed by atoms with Crippen LogP contribution in [0.2, 0.25) is 5.15 Å². The standard InChI is InChI=1S/C14H22ClN3O/c1-5-18(9(2)8-19-4)14-10(3)12(15)16-13(17-14)11-6-7-11/h9,11H,5-8H2,1-4H3. The van der Waals surface area contributed by atoms with Crippen LogP contribution in [0.1, 0.15) is 44.0 Å². The highest BCUT2D eigenvalue weighted by molar-refractivity contribution is 6.30. The number of methoxy groups -OCH3 is 1. The topological polar surface area (TPSA) is 38.2 Å². The largest absolute Gasteiger partial charge is 0.383 e. The van der Waals surface area contributed by atoms with Crippen LogP contribution in [0.15, 0.2) is 0 Å². The van der Waals surface area contributed by atoms with Crippen LogP contribution in [0.4, 0.5) is 5.82 Å². The predicted octanol–water partition coefficient (Wildman–Crippen LogP) is 3.18. The first-order valence-corrected chi connectivity index (χ1v) is 7.25. The molecule has 2 rings (SSSR count). The zero-order chi connectivity index (χ0) is 14.0. The van der Waals surface area contributed by atoms with E-state index in [2.05, 4.69) is 23.7 Å². The summed E-state index contributed by atoms with van der Waals surface area (Å²) in [4.78, 5) is 11.4. The van der Waals surface area contributed by atoms with Crippen molar-refractivity contribution in [3.8, 4) is 0 Å². The van der Waals surface area contributed by atoms with Gasteiger partial charge in [0, 0.05) is 25.1 Å². The second-order valence-electron chi connectivity index (χ2n) is 5.19. The van der Waals surface area contributed by atoms with Gasteiger partial charge < -0.3 is 9.64 Å². The number of hydrogen-bond donors (Lipinski definition) is 0. The molecule has 1 unspecified atom stereocenters. The average molecular weight is 284 g/mol. The number of aromatic nitrogens is 2. The van der Waals surface area contributed by atoms with Crippen LogP contribution in [-0.2, 0) is 4.74 Å². The lowest BCUT2D eigenvalue weighted by atomic mass is 10.2. The molecule has 0 aliphatic heterocycles. The molecule has 106 valence electrons. The maximum atomic E-state index is 6.26. The Hall–Kier alpha value is -0.870. The highest BCUT2D eigenvalue weighted by atomic mass is 35.5. The summed E-state index contributed by atoms with van der Waals surface area (Å²) in [6, 6.07) is 0.270. The Morgan fingerprint density at radius 2 is 2.11 bits per heavy atom. The monoisotopic (exact) mass is 283 g/mol. The first-order valence-electron chi connectivity index (χ1n) is 6.88. The molecular formula is C14H22ClN3O. The summed E-state index contributed by atoms with van der Waals surface area (Å²) < 4.78 is 5.25. The van der Waals surface area contributed by atoms with Crippen molar-refractivity contribution in [1.29, 1.82) is 0 Å². The van der Waals surface area contributed by atoms with E-state index < -0.39 is 0 Å². The second kappa shape index (κ2) is 6.06. The highest BCUT2D eigenvalue weighted by Crippen LogP contribution is 2.40. The van der Waals surface area contributed by atoms with Crippen molar-refractivity contribution in [3.63, 3.8) is 0 Å². The third-order valence-electron chi connectivity index (χ3n) is 3.57. The molecule has 0 spiro atoms. The fourth-order valence-electron chi connectivity index (χ4n) is 2.30. The van der Waals surface area contributed by atoms with Crippen LogP contribution >= 0.6 is 11.6 Å². The number of hydrogen-bond acceptors (Lipinski definition) is 4. The van der Waals surface area contributed by atoms with Gasteiger partial charge in [0.1, 0.15) is 16.8 Å². The summed E-state index contributed by atoms with van der Waals surface area (Å²) >= 11 is 6.26. The van der Waals surface area contributed by atoms with E-state index >= 15 is 0 Å². The Morgan fingerprint density at radius 3 is 2.63 bits per heavy atom. The molecule has 4 nitrogen and oxygen atoms in total. The molecule has 0 saturated heterocycles. The van der Waals surface area contributed by atoms with Crippen molar-refractivity contribution >= 4 is 17.4 Å². The molecule has 0 amide bonds. The van der Waals surface area contributed by atoms with Crippen molar-refractivity contribution in [2.24, 2.45) is 0 Å². The Labute approximate surface area is 120 Å². The molecule has 1 fully saturated rings. The van der Waals surface area contributed by atoms with Crippen molar-refractivity contribution in [1.82, 2.24) is 9.97 Å². The Morgan fingerprint density at radius 1 is 1.42 bits per heavy atom. The molecule has 1 saturated carbocycles. The molecule has 0 N–H and O–H groups in total. The SMILES string of the molecule is CCN(c1nc(C2CC2)nc(Cl)c1C)C(C)COC. The Bertz CT molecular complexity index is 449. The molecule has 19 heavy (non-hydrogen) atoms. The maximum absolute atomic E-state index is 6.26. The molecule has 1 aromatic heterocycles. The van der Waals surface area contributed by atoms with Crippen molar-refractivity contribution in [2.45, 2.75) is 45.6 Å². The summed E-state index contributed by atoms with van der Waals surface area (Å²) in [6.07, 6.45) is 2.36. The molecule has 0 radical (unpaired) electrons. The number of nitrogens with zero attached hydrogens (tertiary/aromatic N) is 3. The van der Waals surface area contributed by atoms with Gasteiger partial charge in [-0.15, -0.1) is 0 Å². The third kappa shape index (κ3) is 3.18. The lowest BCUT2D eigenvalue weighted by Crippen LogP contribution is -2.37. The summed E-state index contributed by atoms with van der Waals surface area (Å²) in [7, 11) is 1.72. The van der Waals surface area contributed by atoms with Gasteiger partial charge in [0.25, 0.3) is 0 Å². The first kappa shape index (κ1) is 14.5. The summed E-state index contributed by atoms with van der Waals surface area (Å²) in [6.45, 7) is 7.80. The molecule has 5 heteroatoms. The number of likely N-dealkylation sites (N-methyl/N-ethyl adjacent to an activating group) is 1. The quantitative estimate of drug-likeness (QED) is 0.752. The van der Waals surface area contributed by atoms with Gasteiger partial charge in [-0.2, -0.15) is 0 Å². The summed E-state index contributed by atoms with van der Waals surface area (Å²) in [5, 5.41) is 0.579. The zero-order valence-corrected chi connectivity index (χ0v) is 12.9. The van der Waals surface area contributed by atoms with Crippen molar-refractivity contribution < 1.29 is 4.74 Å². The maximum Gasteiger partial charge on any atom is 0.137 e. The minimum Gasteiger partial charge on any atom is -0.383 e. The van der Waals surface area contributed by atoms with Crippen molar-refractivity contribution in [2.75, 3.05) is 25.2 Å². The molecular weight excluding hydrogens is 262 g/mol. The molecule has 0 aromatic carbocycles. The number of halogens is 1. The van der Waals surface area contributed by atoms with E-state index in [1.165, 1.54) is 12.8 Å². The minimum absolute atomic E-state index is 0.270. The van der Waals surface area contributed by atoms with Gasteiger partial charge >= 0.3 is 0 Å². The van der Waals surface area contributed by atoms with Crippen LogP contribution in [-0.4, -0.2) is 36.3 Å². The van der Waals surface area contributed by atoms with E-state index in [0.717, 1.165) is 23.8 Å². The van der Waals surface area contributed by atoms with Gasteiger partial charge in [-0.05, 0) is 33.6 Å². The van der Waals surface area contributed by atoms with E-state index in [-0.39, 0.29) is 6.04 Å². The van der Waals surface area contributed by atoms with E-state index in [9.17, 15) is 0 Å². The second-order valence-corrected chi connectivity index (χ2v) is 5.54. The van der Waals surface area contributed by atoms with Gasteiger partial charge in [-0.25, -0.2) is 9.97 Å². The molecule has 1 aromatic rings. The van der Waals surface area contributed by atoms with Gasteiger partial charge in [-0.3, -0.25) is 0 Å². The normalized spacial score (nSPS) is 16.5. The van der Waals surface area contributed by atoms with Crippen LogP contribution in [0.3, 0.4) is 0 Å². The van der Waals surface area contributed by atoms with Crippen LogP contribution in [0.5, 0.6) is 0 Å². The van der Waals surface area contributed by atoms with E-state index in [4.69, 9.17) is 21.3 Å². The van der Waals surface area contributed by atoms with Gasteiger partial charge in [0.15, 0.2) is 0 Å². The molecule has 1 aliphatic carbocycles. The Kier molecular flexibility index (Phi) is 4.63. The number of rotatable bonds is 6. The zero-order valence-electron chi connectivity index (χ0n) is 12.1. The van der Waals surface area contributed by atoms with Gasteiger partial charge in [0.2, 0.25) is 0 Å². The van der Waals surface area contributed by atoms with E-state index in [1.54, 1.807) is 7.11 Å². The lowest BCUT2D eigenvalue weighted by molar-refractivity contribution is 0.181. The molecule has 0 bridgehead atoms. The van der Waals surface area contributed by atoms with Crippen LogP contribution < -0.4 is 4.90 Å². The molecule has 1 heterocycles. The van der Waals surface area contributed by atoms with E-state index in [0.29, 0.717) is 17.7 Å². The van der Waals surface area contributed by atoms with E-state index in [1.807, 2.05) is 6.92 Å². The fourth-order valence-corrected chi connectivity index (χ4v) is 2.47. The van der Waals surface area contributed by atoms with Gasteiger partial charge in [0.05, 0.1) is 12.6 Å². The Balaban J connectivity index is 2.34. The minimum atomic E-state index is 0.270. The van der Waals surface area contributed by atoms with Crippen LogP contribution in [0, 0.1) is 6.92 Å². The van der Waals surface area contributed by atoms with Crippen LogP contribution in [0.25, 0.3) is 0 Å². The van der Waals surface area contributed by atoms with Gasteiger partial charge in [-0.1, -0.05) is 11.6 Å². The van der Waals surface area contributed by atoms with Crippen molar-refractivity contribution in [3.05, 3.63) is 16.5 Å². The number of ether oxygens (including phenoxy) is 1. The highest BCUT2D eigenvalue weighted by Gasteiger charge is 2.29. The summed E-state index contributed by atoms with van der Waals surface area (Å²) in [5.41, 5.74) is 0.955. The molecule has 1 aliphatic rings.